The molecule has 1 amide bonds. The smallest absolute Gasteiger partial charge is 0.336 e. The van der Waals surface area contributed by atoms with Crippen molar-refractivity contribution >= 4 is 11.9 Å². The maximum Gasteiger partial charge on any atom is 0.336 e. The molecule has 31 heavy (non-hydrogen) atoms. The van der Waals surface area contributed by atoms with E-state index in [0.29, 0.717) is 22.8 Å². The number of amides is 1. The van der Waals surface area contributed by atoms with Crippen LogP contribution in [0, 0.1) is 5.82 Å². The fraction of sp³-hybridized carbons (Fsp3) is 0.385. The van der Waals surface area contributed by atoms with Gasteiger partial charge in [-0.25, -0.2) is 9.18 Å². The van der Waals surface area contributed by atoms with E-state index in [0.717, 1.165) is 5.56 Å². The molecule has 0 spiro atoms. The van der Waals surface area contributed by atoms with Gasteiger partial charge in [0.15, 0.2) is 0 Å². The molecule has 1 aliphatic heterocycles. The van der Waals surface area contributed by atoms with Crippen molar-refractivity contribution < 1.29 is 18.7 Å². The van der Waals surface area contributed by atoms with Crippen LogP contribution in [-0.4, -0.2) is 22.9 Å². The predicted octanol–water partition coefficient (Wildman–Crippen LogP) is 5.69. The van der Waals surface area contributed by atoms with Crippen molar-refractivity contribution in [3.8, 4) is 0 Å². The molecule has 0 fully saturated rings. The van der Waals surface area contributed by atoms with Gasteiger partial charge in [-0.05, 0) is 55.5 Å². The summed E-state index contributed by atoms with van der Waals surface area (Å²) >= 11 is 0. The number of hydrogen-bond acceptors (Lipinski definition) is 3. The molecular formula is C26H30FNO3. The summed E-state index contributed by atoms with van der Waals surface area (Å²) in [5.41, 5.74) is 3.83. The second kappa shape index (κ2) is 9.46. The van der Waals surface area contributed by atoms with Crippen molar-refractivity contribution in [3.63, 3.8) is 0 Å². The first kappa shape index (κ1) is 22.7. The molecule has 0 aliphatic carbocycles. The number of halogens is 1. The Morgan fingerprint density at radius 2 is 1.81 bits per heavy atom. The Bertz CT molecular complexity index is 992. The second-order valence-electron chi connectivity index (χ2n) is 8.64. The number of hydrogen-bond donors (Lipinski definition) is 0. The average molecular weight is 424 g/mol. The molecule has 0 radical (unpaired) electrons. The summed E-state index contributed by atoms with van der Waals surface area (Å²) in [5.74, 6) is -0.843. The number of carbonyl (C=O) groups excluding carboxylic acids is 2. The van der Waals surface area contributed by atoms with E-state index in [4.69, 9.17) is 4.74 Å². The molecule has 2 aromatic carbocycles. The van der Waals surface area contributed by atoms with E-state index in [9.17, 15) is 14.0 Å². The van der Waals surface area contributed by atoms with Gasteiger partial charge >= 0.3 is 5.97 Å². The summed E-state index contributed by atoms with van der Waals surface area (Å²) < 4.78 is 19.2. The first-order valence-corrected chi connectivity index (χ1v) is 10.7. The van der Waals surface area contributed by atoms with Gasteiger partial charge < -0.3 is 9.64 Å². The number of carbonyl (C=O) groups is 2. The van der Waals surface area contributed by atoms with Crippen molar-refractivity contribution in [3.05, 3.63) is 82.3 Å². The van der Waals surface area contributed by atoms with Crippen LogP contribution in [0.25, 0.3) is 0 Å². The first-order chi connectivity index (χ1) is 14.7. The topological polar surface area (TPSA) is 46.6 Å². The Morgan fingerprint density at radius 3 is 2.39 bits per heavy atom. The van der Waals surface area contributed by atoms with Crippen LogP contribution >= 0.6 is 0 Å². The third-order valence-corrected chi connectivity index (χ3v) is 5.62. The molecule has 1 aliphatic rings. The van der Waals surface area contributed by atoms with Crippen LogP contribution in [0.1, 0.15) is 69.6 Å². The third kappa shape index (κ3) is 5.22. The summed E-state index contributed by atoms with van der Waals surface area (Å²) in [7, 11) is 0. The average Bonchev–Trinajstić information content (AvgIpc) is 2.70. The van der Waals surface area contributed by atoms with Gasteiger partial charge in [0.2, 0.25) is 5.91 Å². The Kier molecular flexibility index (Phi) is 6.94. The molecule has 2 aromatic rings. The summed E-state index contributed by atoms with van der Waals surface area (Å²) in [6, 6.07) is 14.2. The van der Waals surface area contributed by atoms with Crippen molar-refractivity contribution in [2.45, 2.75) is 65.5 Å². The highest BCUT2D eigenvalue weighted by Crippen LogP contribution is 2.38. The zero-order valence-corrected chi connectivity index (χ0v) is 18.8. The van der Waals surface area contributed by atoms with E-state index in [-0.39, 0.29) is 36.7 Å². The van der Waals surface area contributed by atoms with Crippen LogP contribution in [0.5, 0.6) is 0 Å². The van der Waals surface area contributed by atoms with Gasteiger partial charge in [0.1, 0.15) is 5.82 Å². The predicted molar refractivity (Wildman–Crippen MR) is 119 cm³/mol. The van der Waals surface area contributed by atoms with Crippen LogP contribution in [0.2, 0.25) is 0 Å². The van der Waals surface area contributed by atoms with E-state index in [1.165, 1.54) is 17.7 Å². The van der Waals surface area contributed by atoms with E-state index in [1.807, 2.05) is 24.3 Å². The quantitative estimate of drug-likeness (QED) is 0.561. The van der Waals surface area contributed by atoms with Crippen molar-refractivity contribution in [2.75, 3.05) is 0 Å². The second-order valence-corrected chi connectivity index (χ2v) is 8.64. The molecule has 4 nitrogen and oxygen atoms in total. The SMILES string of the molecule is CC1=C(C(=O)OC(C)C)C(c2ccc(C(C)C)cc2)CC(=O)N1Cc1cccc(F)c1. The van der Waals surface area contributed by atoms with Gasteiger partial charge in [-0.3, -0.25) is 4.79 Å². The zero-order valence-electron chi connectivity index (χ0n) is 18.8. The first-order valence-electron chi connectivity index (χ1n) is 10.7. The van der Waals surface area contributed by atoms with Gasteiger partial charge in [-0.1, -0.05) is 50.2 Å². The fourth-order valence-corrected chi connectivity index (χ4v) is 3.96. The molecule has 0 aromatic heterocycles. The Balaban J connectivity index is 2.02. The lowest BCUT2D eigenvalue weighted by Crippen LogP contribution is -2.38. The number of ether oxygens (including phenoxy) is 1. The van der Waals surface area contributed by atoms with Gasteiger partial charge in [0, 0.05) is 18.0 Å². The van der Waals surface area contributed by atoms with Gasteiger partial charge in [-0.2, -0.15) is 0 Å². The summed E-state index contributed by atoms with van der Waals surface area (Å²) in [4.78, 5) is 27.7. The molecular weight excluding hydrogens is 393 g/mol. The molecule has 0 N–H and O–H groups in total. The van der Waals surface area contributed by atoms with Crippen LogP contribution < -0.4 is 0 Å². The minimum Gasteiger partial charge on any atom is -0.460 e. The van der Waals surface area contributed by atoms with Crippen LogP contribution in [0.3, 0.4) is 0 Å². The molecule has 0 saturated carbocycles. The monoisotopic (exact) mass is 423 g/mol. The molecule has 1 atom stereocenters. The Labute approximate surface area is 183 Å². The summed E-state index contributed by atoms with van der Waals surface area (Å²) in [6.45, 7) is 9.83. The third-order valence-electron chi connectivity index (χ3n) is 5.62. The zero-order chi connectivity index (χ0) is 22.7. The number of nitrogens with zero attached hydrogens (tertiary/aromatic N) is 1. The maximum absolute atomic E-state index is 13.6. The minimum absolute atomic E-state index is 0.0965. The van der Waals surface area contributed by atoms with Gasteiger partial charge in [0.05, 0.1) is 18.2 Å². The van der Waals surface area contributed by atoms with Crippen LogP contribution in [0.4, 0.5) is 4.39 Å². The molecule has 0 saturated heterocycles. The van der Waals surface area contributed by atoms with Crippen LogP contribution in [-0.2, 0) is 20.9 Å². The highest BCUT2D eigenvalue weighted by atomic mass is 19.1. The maximum atomic E-state index is 13.6. The van der Waals surface area contributed by atoms with E-state index < -0.39 is 5.97 Å². The highest BCUT2D eigenvalue weighted by molar-refractivity contribution is 5.96. The van der Waals surface area contributed by atoms with E-state index in [1.54, 1.807) is 37.8 Å². The largest absolute Gasteiger partial charge is 0.460 e. The van der Waals surface area contributed by atoms with Gasteiger partial charge in [0.25, 0.3) is 0 Å². The number of rotatable bonds is 6. The normalized spacial score (nSPS) is 17.0. The van der Waals surface area contributed by atoms with Crippen molar-refractivity contribution in [1.82, 2.24) is 4.90 Å². The van der Waals surface area contributed by atoms with Crippen LogP contribution in [0.15, 0.2) is 59.8 Å². The standard InChI is InChI=1S/C26H30FNO3/c1-16(2)20-9-11-21(12-10-20)23-14-24(29)28(15-19-7-6-8-22(27)13-19)18(5)25(23)26(30)31-17(3)4/h6-13,16-17,23H,14-15H2,1-5H3. The summed E-state index contributed by atoms with van der Waals surface area (Å²) in [6.07, 6.45) is -0.109. The van der Waals surface area contributed by atoms with E-state index in [2.05, 4.69) is 13.8 Å². The van der Waals surface area contributed by atoms with Gasteiger partial charge in [-0.15, -0.1) is 0 Å². The van der Waals surface area contributed by atoms with Crippen molar-refractivity contribution in [1.29, 1.82) is 0 Å². The van der Waals surface area contributed by atoms with E-state index >= 15 is 0 Å². The number of allylic oxidation sites excluding steroid dienone is 1. The number of benzene rings is 2. The molecule has 3 rings (SSSR count). The molecule has 1 heterocycles. The minimum atomic E-state index is -0.415. The fourth-order valence-electron chi connectivity index (χ4n) is 3.96. The lowest BCUT2D eigenvalue weighted by atomic mass is 9.83. The highest BCUT2D eigenvalue weighted by Gasteiger charge is 2.37. The molecule has 5 heteroatoms. The lowest BCUT2D eigenvalue weighted by Gasteiger charge is -2.35. The lowest BCUT2D eigenvalue weighted by molar-refractivity contribution is -0.143. The molecule has 164 valence electrons. The Hall–Kier alpha value is -2.95. The Morgan fingerprint density at radius 1 is 1.13 bits per heavy atom. The molecule has 0 bridgehead atoms. The summed E-state index contributed by atoms with van der Waals surface area (Å²) in [5, 5.41) is 0. The number of esters is 1. The molecule has 1 unspecified atom stereocenters. The van der Waals surface area contributed by atoms with Crippen molar-refractivity contribution in [2.24, 2.45) is 0 Å².